The highest BCUT2D eigenvalue weighted by Gasteiger charge is 2.25. The molecule has 4 nitrogen and oxygen atoms in total. The summed E-state index contributed by atoms with van der Waals surface area (Å²) in [5.74, 6) is 0.425. The zero-order valence-electron chi connectivity index (χ0n) is 13.5. The van der Waals surface area contributed by atoms with E-state index in [0.29, 0.717) is 16.5 Å². The molecule has 1 fully saturated rings. The SMILES string of the molecule is O=C(O)c1ccc(C2CCN(c3ccc4cccc(Cl)c4n3)C2)cc1. The maximum absolute atomic E-state index is 11.0. The molecule has 126 valence electrons. The van der Waals surface area contributed by atoms with Crippen LogP contribution in [0.3, 0.4) is 0 Å². The third kappa shape index (κ3) is 3.05. The van der Waals surface area contributed by atoms with Gasteiger partial charge in [-0.05, 0) is 42.3 Å². The second-order valence-corrected chi connectivity index (χ2v) is 6.75. The lowest BCUT2D eigenvalue weighted by Crippen LogP contribution is -2.20. The molecule has 1 unspecified atom stereocenters. The molecule has 0 saturated carbocycles. The number of para-hydroxylation sites is 1. The van der Waals surface area contributed by atoms with Crippen LogP contribution in [0.1, 0.15) is 28.3 Å². The molecule has 25 heavy (non-hydrogen) atoms. The van der Waals surface area contributed by atoms with E-state index in [1.807, 2.05) is 36.4 Å². The van der Waals surface area contributed by atoms with Crippen molar-refractivity contribution in [1.82, 2.24) is 4.98 Å². The van der Waals surface area contributed by atoms with Crippen LogP contribution in [0, 0.1) is 0 Å². The summed E-state index contributed by atoms with van der Waals surface area (Å²) in [6, 6.07) is 17.1. The van der Waals surface area contributed by atoms with Gasteiger partial charge in [-0.1, -0.05) is 35.9 Å². The summed E-state index contributed by atoms with van der Waals surface area (Å²) in [6.07, 6.45) is 1.02. The molecule has 1 aliphatic rings. The molecule has 2 heterocycles. The molecule has 1 atom stereocenters. The van der Waals surface area contributed by atoms with Gasteiger partial charge in [-0.15, -0.1) is 0 Å². The van der Waals surface area contributed by atoms with Crippen LogP contribution in [0.25, 0.3) is 10.9 Å². The Balaban J connectivity index is 1.56. The second-order valence-electron chi connectivity index (χ2n) is 6.34. The molecule has 0 radical (unpaired) electrons. The summed E-state index contributed by atoms with van der Waals surface area (Å²) in [5, 5.41) is 10.7. The lowest BCUT2D eigenvalue weighted by Gasteiger charge is -2.18. The number of nitrogens with zero attached hydrogens (tertiary/aromatic N) is 2. The van der Waals surface area contributed by atoms with Crippen molar-refractivity contribution in [3.63, 3.8) is 0 Å². The number of carboxylic acid groups (broad SMARTS) is 1. The van der Waals surface area contributed by atoms with Crippen LogP contribution in [-0.4, -0.2) is 29.1 Å². The van der Waals surface area contributed by atoms with E-state index in [1.54, 1.807) is 12.1 Å². The van der Waals surface area contributed by atoms with E-state index >= 15 is 0 Å². The van der Waals surface area contributed by atoms with Crippen molar-refractivity contribution in [3.8, 4) is 0 Å². The summed E-state index contributed by atoms with van der Waals surface area (Å²) in [5.41, 5.74) is 2.33. The monoisotopic (exact) mass is 352 g/mol. The molecule has 1 saturated heterocycles. The zero-order chi connectivity index (χ0) is 17.4. The summed E-state index contributed by atoms with van der Waals surface area (Å²) < 4.78 is 0. The number of aromatic nitrogens is 1. The van der Waals surface area contributed by atoms with E-state index in [9.17, 15) is 4.79 Å². The Bertz CT molecular complexity index is 940. The Morgan fingerprint density at radius 2 is 1.92 bits per heavy atom. The Labute approximate surface area is 150 Å². The highest BCUT2D eigenvalue weighted by Crippen LogP contribution is 2.32. The van der Waals surface area contributed by atoms with Crippen LogP contribution < -0.4 is 4.90 Å². The number of aromatic carboxylic acids is 1. The minimum atomic E-state index is -0.892. The van der Waals surface area contributed by atoms with Crippen molar-refractivity contribution in [3.05, 3.63) is 70.7 Å². The van der Waals surface area contributed by atoms with E-state index in [0.717, 1.165) is 36.2 Å². The van der Waals surface area contributed by atoms with Crippen molar-refractivity contribution >= 4 is 34.3 Å². The molecule has 5 heteroatoms. The maximum Gasteiger partial charge on any atom is 0.335 e. The van der Waals surface area contributed by atoms with E-state index < -0.39 is 5.97 Å². The first-order chi connectivity index (χ1) is 12.1. The average molecular weight is 353 g/mol. The lowest BCUT2D eigenvalue weighted by atomic mass is 9.97. The Hall–Kier alpha value is -2.59. The molecule has 2 aromatic carbocycles. The minimum Gasteiger partial charge on any atom is -0.478 e. The Morgan fingerprint density at radius 1 is 1.12 bits per heavy atom. The average Bonchev–Trinajstić information content (AvgIpc) is 3.12. The van der Waals surface area contributed by atoms with Gasteiger partial charge >= 0.3 is 5.97 Å². The van der Waals surface area contributed by atoms with Gasteiger partial charge in [0.25, 0.3) is 0 Å². The van der Waals surface area contributed by atoms with Crippen molar-refractivity contribution in [1.29, 1.82) is 0 Å². The number of pyridine rings is 1. The number of fused-ring (bicyclic) bond motifs is 1. The summed E-state index contributed by atoms with van der Waals surface area (Å²) >= 11 is 6.27. The molecule has 0 amide bonds. The molecular formula is C20H17ClN2O2. The standard InChI is InChI=1S/C20H17ClN2O2/c21-17-3-1-2-14-8-9-18(22-19(14)17)23-11-10-16(12-23)13-4-6-15(7-5-13)20(24)25/h1-9,16H,10-12H2,(H,24,25). The van der Waals surface area contributed by atoms with Gasteiger partial charge in [0, 0.05) is 24.4 Å². The molecule has 0 aliphatic carbocycles. The third-order valence-corrected chi connectivity index (χ3v) is 5.10. The van der Waals surface area contributed by atoms with E-state index in [2.05, 4.69) is 11.0 Å². The number of carboxylic acids is 1. The number of anilines is 1. The van der Waals surface area contributed by atoms with Gasteiger partial charge in [0.2, 0.25) is 0 Å². The smallest absolute Gasteiger partial charge is 0.335 e. The normalized spacial score (nSPS) is 17.2. The molecule has 0 spiro atoms. The van der Waals surface area contributed by atoms with Crippen molar-refractivity contribution in [2.75, 3.05) is 18.0 Å². The lowest BCUT2D eigenvalue weighted by molar-refractivity contribution is 0.0697. The van der Waals surface area contributed by atoms with Gasteiger partial charge < -0.3 is 10.0 Å². The fourth-order valence-corrected chi connectivity index (χ4v) is 3.64. The number of halogens is 1. The molecule has 1 aliphatic heterocycles. The van der Waals surface area contributed by atoms with Crippen LogP contribution in [0.2, 0.25) is 5.02 Å². The number of benzene rings is 2. The van der Waals surface area contributed by atoms with Gasteiger partial charge in [0.15, 0.2) is 0 Å². The third-order valence-electron chi connectivity index (χ3n) is 4.80. The second kappa shape index (κ2) is 6.37. The number of hydrogen-bond acceptors (Lipinski definition) is 3. The summed E-state index contributed by atoms with van der Waals surface area (Å²) in [7, 11) is 0. The van der Waals surface area contributed by atoms with Crippen LogP contribution in [0.5, 0.6) is 0 Å². The first-order valence-electron chi connectivity index (χ1n) is 8.25. The highest BCUT2D eigenvalue weighted by molar-refractivity contribution is 6.35. The molecule has 1 N–H and O–H groups in total. The Kier molecular flexibility index (Phi) is 4.06. The molecule has 4 rings (SSSR count). The fraction of sp³-hybridized carbons (Fsp3) is 0.200. The fourth-order valence-electron chi connectivity index (χ4n) is 3.42. The summed E-state index contributed by atoms with van der Waals surface area (Å²) in [4.78, 5) is 18.0. The maximum atomic E-state index is 11.0. The first kappa shape index (κ1) is 15.9. The van der Waals surface area contributed by atoms with Crippen LogP contribution >= 0.6 is 11.6 Å². The van der Waals surface area contributed by atoms with Crippen molar-refractivity contribution in [2.24, 2.45) is 0 Å². The van der Waals surface area contributed by atoms with Gasteiger partial charge in [0.1, 0.15) is 5.82 Å². The summed E-state index contributed by atoms with van der Waals surface area (Å²) in [6.45, 7) is 1.80. The predicted octanol–water partition coefficient (Wildman–Crippen LogP) is 4.58. The molecular weight excluding hydrogens is 336 g/mol. The van der Waals surface area contributed by atoms with Gasteiger partial charge in [-0.25, -0.2) is 9.78 Å². The van der Waals surface area contributed by atoms with Gasteiger partial charge in [-0.2, -0.15) is 0 Å². The van der Waals surface area contributed by atoms with E-state index in [4.69, 9.17) is 21.7 Å². The van der Waals surface area contributed by atoms with Gasteiger partial charge in [0.05, 0.1) is 16.1 Å². The number of rotatable bonds is 3. The predicted molar refractivity (Wildman–Crippen MR) is 99.7 cm³/mol. The molecule has 3 aromatic rings. The first-order valence-corrected chi connectivity index (χ1v) is 8.63. The molecule has 0 bridgehead atoms. The largest absolute Gasteiger partial charge is 0.478 e. The van der Waals surface area contributed by atoms with E-state index in [-0.39, 0.29) is 0 Å². The topological polar surface area (TPSA) is 53.4 Å². The van der Waals surface area contributed by atoms with Crippen molar-refractivity contribution in [2.45, 2.75) is 12.3 Å². The quantitative estimate of drug-likeness (QED) is 0.749. The van der Waals surface area contributed by atoms with Crippen LogP contribution in [-0.2, 0) is 0 Å². The zero-order valence-corrected chi connectivity index (χ0v) is 14.3. The van der Waals surface area contributed by atoms with Crippen molar-refractivity contribution < 1.29 is 9.90 Å². The van der Waals surface area contributed by atoms with Gasteiger partial charge in [-0.3, -0.25) is 0 Å². The highest BCUT2D eigenvalue weighted by atomic mass is 35.5. The van der Waals surface area contributed by atoms with Crippen LogP contribution in [0.4, 0.5) is 5.82 Å². The minimum absolute atomic E-state index is 0.324. The molecule has 1 aromatic heterocycles. The van der Waals surface area contributed by atoms with E-state index in [1.165, 1.54) is 5.56 Å². The van der Waals surface area contributed by atoms with Crippen LogP contribution in [0.15, 0.2) is 54.6 Å². The number of carbonyl (C=O) groups is 1. The Morgan fingerprint density at radius 3 is 2.68 bits per heavy atom. The number of hydrogen-bond donors (Lipinski definition) is 1.